The largest absolute Gasteiger partial charge is 0.330 e. The number of thiophene rings is 1. The van der Waals surface area contributed by atoms with Gasteiger partial charge in [-0.15, -0.1) is 11.3 Å². The predicted molar refractivity (Wildman–Crippen MR) is 75.9 cm³/mol. The van der Waals surface area contributed by atoms with Gasteiger partial charge in [-0.2, -0.15) is 0 Å². The fourth-order valence-electron chi connectivity index (χ4n) is 1.98. The molecular formula is C14H16ClNS. The molecule has 2 rings (SSSR count). The van der Waals surface area contributed by atoms with E-state index in [1.165, 1.54) is 10.4 Å². The summed E-state index contributed by atoms with van der Waals surface area (Å²) >= 11 is 7.78. The van der Waals surface area contributed by atoms with Crippen molar-refractivity contribution in [1.29, 1.82) is 0 Å². The van der Waals surface area contributed by atoms with E-state index < -0.39 is 0 Å². The molecule has 1 aromatic heterocycles. The molecule has 1 unspecified atom stereocenters. The molecule has 0 aliphatic heterocycles. The number of hydrogen-bond acceptors (Lipinski definition) is 2. The van der Waals surface area contributed by atoms with Gasteiger partial charge in [-0.3, -0.25) is 0 Å². The van der Waals surface area contributed by atoms with E-state index in [0.29, 0.717) is 6.54 Å². The van der Waals surface area contributed by atoms with E-state index in [1.807, 2.05) is 18.2 Å². The quantitative estimate of drug-likeness (QED) is 0.893. The average molecular weight is 266 g/mol. The molecule has 0 bridgehead atoms. The Morgan fingerprint density at radius 1 is 1.29 bits per heavy atom. The molecule has 1 atom stereocenters. The van der Waals surface area contributed by atoms with Gasteiger partial charge in [0.1, 0.15) is 0 Å². The first-order chi connectivity index (χ1) is 8.14. The normalized spacial score (nSPS) is 14.5. The Labute approximate surface area is 111 Å². The van der Waals surface area contributed by atoms with Crippen molar-refractivity contribution in [2.45, 2.75) is 18.8 Å². The Balaban J connectivity index is 2.26. The molecule has 1 heterocycles. The molecule has 1 aromatic carbocycles. The lowest BCUT2D eigenvalue weighted by molar-refractivity contribution is 0.491. The summed E-state index contributed by atoms with van der Waals surface area (Å²) < 4.78 is 0. The number of benzene rings is 1. The van der Waals surface area contributed by atoms with Crippen molar-refractivity contribution >= 4 is 22.9 Å². The SMILES string of the molecule is CC(CN)(Cc1cccc(Cl)c1)c1cccs1. The lowest BCUT2D eigenvalue weighted by Gasteiger charge is -2.27. The van der Waals surface area contributed by atoms with Crippen LogP contribution in [0.1, 0.15) is 17.4 Å². The lowest BCUT2D eigenvalue weighted by atomic mass is 9.82. The second-order valence-electron chi connectivity index (χ2n) is 4.55. The topological polar surface area (TPSA) is 26.0 Å². The van der Waals surface area contributed by atoms with E-state index in [2.05, 4.69) is 30.5 Å². The minimum absolute atomic E-state index is 0.00114. The molecular weight excluding hydrogens is 250 g/mol. The van der Waals surface area contributed by atoms with Crippen molar-refractivity contribution in [3.63, 3.8) is 0 Å². The molecule has 1 nitrogen and oxygen atoms in total. The monoisotopic (exact) mass is 265 g/mol. The molecule has 0 aliphatic carbocycles. The van der Waals surface area contributed by atoms with Crippen molar-refractivity contribution in [3.05, 3.63) is 57.2 Å². The molecule has 0 spiro atoms. The summed E-state index contributed by atoms with van der Waals surface area (Å²) in [5.41, 5.74) is 7.19. The molecule has 90 valence electrons. The van der Waals surface area contributed by atoms with E-state index in [9.17, 15) is 0 Å². The van der Waals surface area contributed by atoms with Gasteiger partial charge in [0.05, 0.1) is 0 Å². The van der Waals surface area contributed by atoms with E-state index >= 15 is 0 Å². The molecule has 3 heteroatoms. The molecule has 2 N–H and O–H groups in total. The zero-order chi connectivity index (χ0) is 12.3. The summed E-state index contributed by atoms with van der Waals surface area (Å²) in [5.74, 6) is 0. The first kappa shape index (κ1) is 12.6. The van der Waals surface area contributed by atoms with Crippen molar-refractivity contribution in [2.75, 3.05) is 6.54 Å². The lowest BCUT2D eigenvalue weighted by Crippen LogP contribution is -2.33. The zero-order valence-electron chi connectivity index (χ0n) is 9.82. The summed E-state index contributed by atoms with van der Waals surface area (Å²) in [6, 6.07) is 12.2. The molecule has 17 heavy (non-hydrogen) atoms. The highest BCUT2D eigenvalue weighted by Crippen LogP contribution is 2.31. The van der Waals surface area contributed by atoms with Crippen LogP contribution in [0.4, 0.5) is 0 Å². The summed E-state index contributed by atoms with van der Waals surface area (Å²) in [5, 5.41) is 2.88. The molecule has 0 aliphatic rings. The summed E-state index contributed by atoms with van der Waals surface area (Å²) in [7, 11) is 0. The molecule has 0 fully saturated rings. The van der Waals surface area contributed by atoms with Crippen LogP contribution < -0.4 is 5.73 Å². The first-order valence-electron chi connectivity index (χ1n) is 5.62. The van der Waals surface area contributed by atoms with Crippen LogP contribution in [0.25, 0.3) is 0 Å². The molecule has 0 saturated carbocycles. The fraction of sp³-hybridized carbons (Fsp3) is 0.286. The Kier molecular flexibility index (Phi) is 3.87. The fourth-order valence-corrected chi connectivity index (χ4v) is 3.09. The van der Waals surface area contributed by atoms with Gasteiger partial charge in [0, 0.05) is 21.9 Å². The number of nitrogens with two attached hydrogens (primary N) is 1. The van der Waals surface area contributed by atoms with E-state index in [0.717, 1.165) is 11.4 Å². The standard InChI is InChI=1S/C14H16ClNS/c1-14(10-16,13-6-3-7-17-13)9-11-4-2-5-12(15)8-11/h2-8H,9-10,16H2,1H3. The number of halogens is 1. The molecule has 0 amide bonds. The predicted octanol–water partition coefficient (Wildman–Crippen LogP) is 3.86. The van der Waals surface area contributed by atoms with E-state index in [-0.39, 0.29) is 5.41 Å². The van der Waals surface area contributed by atoms with Crippen molar-refractivity contribution < 1.29 is 0 Å². The Bertz CT molecular complexity index is 481. The summed E-state index contributed by atoms with van der Waals surface area (Å²) in [6.07, 6.45) is 0.921. The zero-order valence-corrected chi connectivity index (χ0v) is 11.4. The maximum atomic E-state index is 6.01. The van der Waals surface area contributed by atoms with Crippen LogP contribution in [0.5, 0.6) is 0 Å². The van der Waals surface area contributed by atoms with Gasteiger partial charge < -0.3 is 5.73 Å². The smallest absolute Gasteiger partial charge is 0.0408 e. The van der Waals surface area contributed by atoms with E-state index in [1.54, 1.807) is 11.3 Å². The van der Waals surface area contributed by atoms with Crippen LogP contribution in [0.3, 0.4) is 0 Å². The number of rotatable bonds is 4. The van der Waals surface area contributed by atoms with Crippen LogP contribution >= 0.6 is 22.9 Å². The third-order valence-corrected chi connectivity index (χ3v) is 4.46. The summed E-state index contributed by atoms with van der Waals surface area (Å²) in [6.45, 7) is 2.85. The van der Waals surface area contributed by atoms with Crippen LogP contribution in [-0.2, 0) is 11.8 Å². The van der Waals surface area contributed by atoms with Gasteiger partial charge in [0.2, 0.25) is 0 Å². The van der Waals surface area contributed by atoms with Crippen LogP contribution in [0, 0.1) is 0 Å². The maximum absolute atomic E-state index is 6.01. The van der Waals surface area contributed by atoms with Gasteiger partial charge in [-0.1, -0.05) is 36.7 Å². The van der Waals surface area contributed by atoms with Gasteiger partial charge in [-0.05, 0) is 35.6 Å². The minimum atomic E-state index is -0.00114. The van der Waals surface area contributed by atoms with Gasteiger partial charge in [-0.25, -0.2) is 0 Å². The van der Waals surface area contributed by atoms with Crippen molar-refractivity contribution in [3.8, 4) is 0 Å². The van der Waals surface area contributed by atoms with Gasteiger partial charge in [0.25, 0.3) is 0 Å². The second kappa shape index (κ2) is 5.21. The molecule has 2 aromatic rings. The highest BCUT2D eigenvalue weighted by molar-refractivity contribution is 7.10. The van der Waals surface area contributed by atoms with Gasteiger partial charge in [0.15, 0.2) is 0 Å². The van der Waals surface area contributed by atoms with E-state index in [4.69, 9.17) is 17.3 Å². The van der Waals surface area contributed by atoms with Crippen molar-refractivity contribution in [1.82, 2.24) is 0 Å². The first-order valence-corrected chi connectivity index (χ1v) is 6.88. The molecule has 0 radical (unpaired) electrons. The minimum Gasteiger partial charge on any atom is -0.330 e. The van der Waals surface area contributed by atoms with Crippen LogP contribution in [0.2, 0.25) is 5.02 Å². The second-order valence-corrected chi connectivity index (χ2v) is 5.93. The summed E-state index contributed by atoms with van der Waals surface area (Å²) in [4.78, 5) is 1.33. The van der Waals surface area contributed by atoms with Gasteiger partial charge >= 0.3 is 0 Å². The van der Waals surface area contributed by atoms with Crippen LogP contribution in [0.15, 0.2) is 41.8 Å². The Hall–Kier alpha value is -0.830. The average Bonchev–Trinajstić information content (AvgIpc) is 2.83. The molecule has 0 saturated heterocycles. The maximum Gasteiger partial charge on any atom is 0.0408 e. The third kappa shape index (κ3) is 2.89. The van der Waals surface area contributed by atoms with Crippen LogP contribution in [-0.4, -0.2) is 6.54 Å². The highest BCUT2D eigenvalue weighted by atomic mass is 35.5. The Morgan fingerprint density at radius 2 is 2.12 bits per heavy atom. The Morgan fingerprint density at radius 3 is 2.71 bits per heavy atom. The third-order valence-electron chi connectivity index (χ3n) is 3.05. The highest BCUT2D eigenvalue weighted by Gasteiger charge is 2.26. The van der Waals surface area contributed by atoms with Crippen molar-refractivity contribution in [2.24, 2.45) is 5.73 Å². The number of hydrogen-bond donors (Lipinski definition) is 1.